The lowest BCUT2D eigenvalue weighted by Gasteiger charge is -2.14. The minimum Gasteiger partial charge on any atom is -0.495 e. The average molecular weight is 505 g/mol. The van der Waals surface area contributed by atoms with E-state index in [0.717, 1.165) is 5.75 Å². The van der Waals surface area contributed by atoms with E-state index >= 15 is 0 Å². The van der Waals surface area contributed by atoms with Gasteiger partial charge in [-0.3, -0.25) is 4.79 Å². The van der Waals surface area contributed by atoms with Crippen molar-refractivity contribution in [2.75, 3.05) is 40.4 Å². The van der Waals surface area contributed by atoms with Crippen LogP contribution in [0.2, 0.25) is 0 Å². The van der Waals surface area contributed by atoms with Gasteiger partial charge in [-0.15, -0.1) is 5.10 Å². The number of nitrogens with zero attached hydrogens (tertiary/aromatic N) is 3. The number of anilines is 1. The van der Waals surface area contributed by atoms with Crippen LogP contribution in [-0.4, -0.2) is 55.7 Å². The average Bonchev–Trinajstić information content (AvgIpc) is 3.39. The highest BCUT2D eigenvalue weighted by Crippen LogP contribution is 2.41. The maximum Gasteiger partial charge on any atom is 0.295 e. The largest absolute Gasteiger partial charge is 0.495 e. The van der Waals surface area contributed by atoms with Crippen LogP contribution in [0, 0.1) is 0 Å². The second-order valence-corrected chi connectivity index (χ2v) is 7.67. The first-order chi connectivity index (χ1) is 18.0. The normalized spacial score (nSPS) is 10.5. The van der Waals surface area contributed by atoms with Gasteiger partial charge in [-0.2, -0.15) is 0 Å². The SMILES string of the molecule is CCOc1ccc(-n2nc(C(=O)Nc3ccccc3OC)nc2-c2cc(OC)c(OC)c(OC)c2)cc1. The molecule has 1 heterocycles. The molecule has 0 saturated carbocycles. The summed E-state index contributed by atoms with van der Waals surface area (Å²) in [5, 5.41) is 7.36. The predicted octanol–water partition coefficient (Wildman–Crippen LogP) is 4.62. The molecule has 1 amide bonds. The number of benzene rings is 3. The second-order valence-electron chi connectivity index (χ2n) is 7.67. The third-order valence-electron chi connectivity index (χ3n) is 5.48. The van der Waals surface area contributed by atoms with Crippen molar-refractivity contribution in [1.82, 2.24) is 14.8 Å². The van der Waals surface area contributed by atoms with Crippen molar-refractivity contribution in [1.29, 1.82) is 0 Å². The number of rotatable bonds is 10. The standard InChI is InChI=1S/C27H28N4O6/c1-6-37-19-13-11-18(12-14-19)31-26(17-15-22(34-3)24(36-5)23(16-17)35-4)29-25(30-31)27(32)28-20-9-7-8-10-21(20)33-2/h7-16H,6H2,1-5H3,(H,28,32). The maximum absolute atomic E-state index is 13.2. The Morgan fingerprint density at radius 1 is 0.865 bits per heavy atom. The zero-order valence-electron chi connectivity index (χ0n) is 21.3. The summed E-state index contributed by atoms with van der Waals surface area (Å²) in [6, 6.07) is 17.9. The van der Waals surface area contributed by atoms with Crippen LogP contribution in [0.1, 0.15) is 17.5 Å². The van der Waals surface area contributed by atoms with Gasteiger partial charge in [0, 0.05) is 5.56 Å². The van der Waals surface area contributed by atoms with Crippen LogP contribution >= 0.6 is 0 Å². The fourth-order valence-corrected chi connectivity index (χ4v) is 3.76. The number of nitrogens with one attached hydrogen (secondary N) is 1. The molecule has 0 fully saturated rings. The molecule has 0 aliphatic heterocycles. The van der Waals surface area contributed by atoms with E-state index in [1.807, 2.05) is 37.3 Å². The number of hydrogen-bond acceptors (Lipinski definition) is 8. The molecule has 4 aromatic rings. The highest BCUT2D eigenvalue weighted by molar-refractivity contribution is 6.02. The Morgan fingerprint density at radius 2 is 1.51 bits per heavy atom. The van der Waals surface area contributed by atoms with E-state index in [1.165, 1.54) is 28.4 Å². The van der Waals surface area contributed by atoms with Crippen LogP contribution in [0.5, 0.6) is 28.7 Å². The molecule has 192 valence electrons. The first-order valence-corrected chi connectivity index (χ1v) is 11.5. The van der Waals surface area contributed by atoms with Crippen molar-refractivity contribution in [3.63, 3.8) is 0 Å². The van der Waals surface area contributed by atoms with Gasteiger partial charge in [-0.1, -0.05) is 12.1 Å². The van der Waals surface area contributed by atoms with Gasteiger partial charge < -0.3 is 29.0 Å². The number of methoxy groups -OCH3 is 4. The number of para-hydroxylation sites is 2. The smallest absolute Gasteiger partial charge is 0.295 e. The first-order valence-electron chi connectivity index (χ1n) is 11.5. The molecule has 3 aromatic carbocycles. The van der Waals surface area contributed by atoms with Gasteiger partial charge in [0.25, 0.3) is 5.91 Å². The van der Waals surface area contributed by atoms with Gasteiger partial charge in [0.1, 0.15) is 11.5 Å². The summed E-state index contributed by atoms with van der Waals surface area (Å²) in [4.78, 5) is 17.8. The van der Waals surface area contributed by atoms with Crippen LogP contribution in [-0.2, 0) is 0 Å². The zero-order valence-corrected chi connectivity index (χ0v) is 21.3. The highest BCUT2D eigenvalue weighted by Gasteiger charge is 2.23. The fraction of sp³-hybridized carbons (Fsp3) is 0.222. The molecule has 1 N–H and O–H groups in total. The number of ether oxygens (including phenoxy) is 5. The van der Waals surface area contributed by atoms with Crippen molar-refractivity contribution < 1.29 is 28.5 Å². The molecule has 0 radical (unpaired) electrons. The lowest BCUT2D eigenvalue weighted by Crippen LogP contribution is -2.15. The monoisotopic (exact) mass is 504 g/mol. The van der Waals surface area contributed by atoms with Crippen molar-refractivity contribution in [3.8, 4) is 45.8 Å². The molecule has 37 heavy (non-hydrogen) atoms. The van der Waals surface area contributed by atoms with Gasteiger partial charge in [0.05, 0.1) is 46.4 Å². The van der Waals surface area contributed by atoms with Gasteiger partial charge in [-0.25, -0.2) is 9.67 Å². The van der Waals surface area contributed by atoms with E-state index in [1.54, 1.807) is 35.0 Å². The Morgan fingerprint density at radius 3 is 2.11 bits per heavy atom. The number of hydrogen-bond donors (Lipinski definition) is 1. The molecule has 0 aliphatic carbocycles. The van der Waals surface area contributed by atoms with Crippen molar-refractivity contribution >= 4 is 11.6 Å². The minimum absolute atomic E-state index is 0.0384. The van der Waals surface area contributed by atoms with Gasteiger partial charge >= 0.3 is 0 Å². The zero-order chi connectivity index (χ0) is 26.4. The molecule has 0 saturated heterocycles. The molecule has 10 nitrogen and oxygen atoms in total. The Hall–Kier alpha value is -4.73. The van der Waals surface area contributed by atoms with Crippen molar-refractivity contribution in [2.45, 2.75) is 6.92 Å². The molecule has 0 aliphatic rings. The minimum atomic E-state index is -0.497. The van der Waals surface area contributed by atoms with Gasteiger partial charge in [-0.05, 0) is 55.5 Å². The molecular weight excluding hydrogens is 476 g/mol. The quantitative estimate of drug-likeness (QED) is 0.334. The van der Waals surface area contributed by atoms with E-state index in [9.17, 15) is 4.79 Å². The van der Waals surface area contributed by atoms with Crippen LogP contribution in [0.25, 0.3) is 17.1 Å². The third kappa shape index (κ3) is 5.27. The summed E-state index contributed by atoms with van der Waals surface area (Å²) < 4.78 is 29.0. The number of aromatic nitrogens is 3. The van der Waals surface area contributed by atoms with E-state index in [0.29, 0.717) is 52.4 Å². The summed E-state index contributed by atoms with van der Waals surface area (Å²) >= 11 is 0. The van der Waals surface area contributed by atoms with Gasteiger partial charge in [0.15, 0.2) is 17.3 Å². The van der Waals surface area contributed by atoms with Crippen LogP contribution in [0.15, 0.2) is 60.7 Å². The molecule has 0 spiro atoms. The van der Waals surface area contributed by atoms with Crippen molar-refractivity contribution in [3.05, 3.63) is 66.5 Å². The molecular formula is C27H28N4O6. The molecule has 0 atom stereocenters. The van der Waals surface area contributed by atoms with Crippen LogP contribution in [0.4, 0.5) is 5.69 Å². The molecule has 1 aromatic heterocycles. The summed E-state index contributed by atoms with van der Waals surface area (Å²) in [5.74, 6) is 2.42. The lowest BCUT2D eigenvalue weighted by molar-refractivity contribution is 0.101. The number of amides is 1. The van der Waals surface area contributed by atoms with E-state index < -0.39 is 5.91 Å². The lowest BCUT2D eigenvalue weighted by atomic mass is 10.1. The molecule has 4 rings (SSSR count). The molecule has 0 bridgehead atoms. The predicted molar refractivity (Wildman–Crippen MR) is 139 cm³/mol. The summed E-state index contributed by atoms with van der Waals surface area (Å²) in [5.41, 5.74) is 1.78. The maximum atomic E-state index is 13.2. The van der Waals surface area contributed by atoms with E-state index in [4.69, 9.17) is 23.7 Å². The Kier molecular flexibility index (Phi) is 7.77. The van der Waals surface area contributed by atoms with Crippen molar-refractivity contribution in [2.24, 2.45) is 0 Å². The van der Waals surface area contributed by atoms with Gasteiger partial charge in [0.2, 0.25) is 11.6 Å². The molecule has 10 heteroatoms. The fourth-order valence-electron chi connectivity index (χ4n) is 3.76. The Balaban J connectivity index is 1.83. The highest BCUT2D eigenvalue weighted by atomic mass is 16.5. The Labute approximate surface area is 214 Å². The van der Waals surface area contributed by atoms with E-state index in [2.05, 4.69) is 15.4 Å². The van der Waals surface area contributed by atoms with Crippen LogP contribution < -0.4 is 29.0 Å². The second kappa shape index (κ2) is 11.3. The number of carbonyl (C=O) groups excluding carboxylic acids is 1. The summed E-state index contributed by atoms with van der Waals surface area (Å²) in [7, 11) is 6.13. The topological polar surface area (TPSA) is 106 Å². The third-order valence-corrected chi connectivity index (χ3v) is 5.48. The van der Waals surface area contributed by atoms with Crippen LogP contribution in [0.3, 0.4) is 0 Å². The summed E-state index contributed by atoms with van der Waals surface area (Å²) in [6.07, 6.45) is 0. The molecule has 0 unspecified atom stereocenters. The number of carbonyl (C=O) groups is 1. The Bertz CT molecular complexity index is 1360. The summed E-state index contributed by atoms with van der Waals surface area (Å²) in [6.45, 7) is 2.47. The first kappa shape index (κ1) is 25.4. The van der Waals surface area contributed by atoms with E-state index in [-0.39, 0.29) is 5.82 Å².